The van der Waals surface area contributed by atoms with Gasteiger partial charge in [0.15, 0.2) is 0 Å². The zero-order valence-electron chi connectivity index (χ0n) is 12.7. The highest BCUT2D eigenvalue weighted by Gasteiger charge is 2.28. The van der Waals surface area contributed by atoms with Gasteiger partial charge in [-0.05, 0) is 38.0 Å². The molecule has 0 spiro atoms. The number of carbonyl (C=O) groups is 1. The predicted molar refractivity (Wildman–Crippen MR) is 91.3 cm³/mol. The summed E-state index contributed by atoms with van der Waals surface area (Å²) < 4.78 is 1.59. The molecule has 23 heavy (non-hydrogen) atoms. The van der Waals surface area contributed by atoms with Crippen LogP contribution in [0.4, 0.5) is 0 Å². The molecule has 122 valence electrons. The lowest BCUT2D eigenvalue weighted by atomic mass is 9.98. The van der Waals surface area contributed by atoms with Gasteiger partial charge in [-0.25, -0.2) is 4.68 Å². The molecule has 0 aliphatic carbocycles. The molecule has 2 aromatic rings. The van der Waals surface area contributed by atoms with E-state index in [1.165, 1.54) is 0 Å². The first-order valence-electron chi connectivity index (χ1n) is 7.52. The van der Waals surface area contributed by atoms with Gasteiger partial charge in [-0.1, -0.05) is 23.2 Å². The first kappa shape index (κ1) is 16.3. The lowest BCUT2D eigenvalue weighted by Gasteiger charge is -2.36. The number of amides is 1. The molecule has 0 radical (unpaired) electrons. The first-order valence-corrected chi connectivity index (χ1v) is 8.28. The fourth-order valence-corrected chi connectivity index (χ4v) is 3.40. The molecule has 0 unspecified atom stereocenters. The Hall–Kier alpha value is -1.56. The van der Waals surface area contributed by atoms with Crippen molar-refractivity contribution in [3.05, 3.63) is 46.2 Å². The minimum Gasteiger partial charge on any atom is -0.336 e. The second-order valence-electron chi connectivity index (χ2n) is 5.90. The SMILES string of the molecule is C[C@@H]1C[C@@H](N)CCN1C(=O)c1cnn(-c2ccc(Cl)cc2Cl)c1. The average molecular weight is 353 g/mol. The predicted octanol–water partition coefficient (Wildman–Crippen LogP) is 3.13. The number of nitrogens with zero attached hydrogens (tertiary/aromatic N) is 3. The Bertz CT molecular complexity index is 731. The summed E-state index contributed by atoms with van der Waals surface area (Å²) in [6.07, 6.45) is 4.91. The molecule has 1 aliphatic rings. The van der Waals surface area contributed by atoms with E-state index in [1.807, 2.05) is 11.8 Å². The van der Waals surface area contributed by atoms with Crippen molar-refractivity contribution in [1.29, 1.82) is 0 Å². The minimum atomic E-state index is -0.0271. The third kappa shape index (κ3) is 3.37. The number of rotatable bonds is 2. The summed E-state index contributed by atoms with van der Waals surface area (Å²) in [5.74, 6) is -0.0271. The van der Waals surface area contributed by atoms with Crippen molar-refractivity contribution in [2.24, 2.45) is 5.73 Å². The van der Waals surface area contributed by atoms with Crippen molar-refractivity contribution in [3.63, 3.8) is 0 Å². The standard InChI is InChI=1S/C16H18Cl2N4O/c1-10-6-13(19)4-5-21(10)16(23)11-8-20-22(9-11)15-3-2-12(17)7-14(15)18/h2-3,7-10,13H,4-6,19H2,1H3/t10-,13+/m1/s1. The maximum absolute atomic E-state index is 12.7. The summed E-state index contributed by atoms with van der Waals surface area (Å²) in [6.45, 7) is 2.70. The number of halogens is 2. The number of aromatic nitrogens is 2. The fourth-order valence-electron chi connectivity index (χ4n) is 2.91. The first-order chi connectivity index (χ1) is 11.0. The van der Waals surface area contributed by atoms with Crippen LogP contribution < -0.4 is 5.73 Å². The van der Waals surface area contributed by atoms with Gasteiger partial charge in [-0.3, -0.25) is 4.79 Å². The van der Waals surface area contributed by atoms with E-state index >= 15 is 0 Å². The number of nitrogens with two attached hydrogens (primary N) is 1. The van der Waals surface area contributed by atoms with Crippen LogP contribution in [-0.4, -0.2) is 39.2 Å². The molecule has 2 N–H and O–H groups in total. The van der Waals surface area contributed by atoms with Crippen LogP contribution in [0.25, 0.3) is 5.69 Å². The third-order valence-corrected chi connectivity index (χ3v) is 4.70. The molecule has 1 amide bonds. The van der Waals surface area contributed by atoms with Crippen LogP contribution in [0.2, 0.25) is 10.0 Å². The Morgan fingerprint density at radius 1 is 1.39 bits per heavy atom. The van der Waals surface area contributed by atoms with Gasteiger partial charge in [0.25, 0.3) is 5.91 Å². The largest absolute Gasteiger partial charge is 0.336 e. The van der Waals surface area contributed by atoms with Gasteiger partial charge in [0.1, 0.15) is 0 Å². The molecule has 0 saturated carbocycles. The van der Waals surface area contributed by atoms with E-state index in [4.69, 9.17) is 28.9 Å². The summed E-state index contributed by atoms with van der Waals surface area (Å²) in [4.78, 5) is 14.5. The van der Waals surface area contributed by atoms with E-state index in [9.17, 15) is 4.79 Å². The number of piperidine rings is 1. The fraction of sp³-hybridized carbons (Fsp3) is 0.375. The molecule has 1 saturated heterocycles. The van der Waals surface area contributed by atoms with E-state index in [2.05, 4.69) is 5.10 Å². The Kier molecular flexibility index (Phi) is 4.62. The Morgan fingerprint density at radius 3 is 2.87 bits per heavy atom. The molecule has 1 aliphatic heterocycles. The summed E-state index contributed by atoms with van der Waals surface area (Å²) in [5.41, 5.74) is 7.18. The molecular formula is C16H18Cl2N4O. The van der Waals surface area contributed by atoms with Crippen molar-refractivity contribution in [1.82, 2.24) is 14.7 Å². The van der Waals surface area contributed by atoms with Crippen LogP contribution in [-0.2, 0) is 0 Å². The highest BCUT2D eigenvalue weighted by Crippen LogP contribution is 2.25. The van der Waals surface area contributed by atoms with Gasteiger partial charge in [0.05, 0.1) is 22.5 Å². The number of carbonyl (C=O) groups excluding carboxylic acids is 1. The third-order valence-electron chi connectivity index (χ3n) is 4.16. The lowest BCUT2D eigenvalue weighted by Crippen LogP contribution is -2.48. The number of benzene rings is 1. The second kappa shape index (κ2) is 6.51. The highest BCUT2D eigenvalue weighted by atomic mass is 35.5. The summed E-state index contributed by atoms with van der Waals surface area (Å²) in [7, 11) is 0. The van der Waals surface area contributed by atoms with Crippen molar-refractivity contribution in [2.45, 2.75) is 31.8 Å². The van der Waals surface area contributed by atoms with Gasteiger partial charge >= 0.3 is 0 Å². The molecule has 2 heterocycles. The number of hydrogen-bond acceptors (Lipinski definition) is 3. The molecule has 1 aromatic heterocycles. The van der Waals surface area contributed by atoms with Gasteiger partial charge in [-0.2, -0.15) is 5.10 Å². The van der Waals surface area contributed by atoms with Crippen LogP contribution in [0.15, 0.2) is 30.6 Å². The smallest absolute Gasteiger partial charge is 0.257 e. The van der Waals surface area contributed by atoms with Crippen LogP contribution in [0.5, 0.6) is 0 Å². The molecule has 1 aromatic carbocycles. The average Bonchev–Trinajstić information content (AvgIpc) is 2.96. The van der Waals surface area contributed by atoms with Crippen LogP contribution in [0, 0.1) is 0 Å². The monoisotopic (exact) mass is 352 g/mol. The minimum absolute atomic E-state index is 0.0271. The van der Waals surface area contributed by atoms with Crippen molar-refractivity contribution in [2.75, 3.05) is 6.54 Å². The Labute approximate surface area is 145 Å². The summed E-state index contributed by atoms with van der Waals surface area (Å²) in [5, 5.41) is 5.29. The molecule has 3 rings (SSSR count). The maximum Gasteiger partial charge on any atom is 0.257 e. The number of likely N-dealkylation sites (tertiary alicyclic amines) is 1. The zero-order valence-corrected chi connectivity index (χ0v) is 14.3. The molecule has 5 nitrogen and oxygen atoms in total. The van der Waals surface area contributed by atoms with E-state index < -0.39 is 0 Å². The maximum atomic E-state index is 12.7. The lowest BCUT2D eigenvalue weighted by molar-refractivity contribution is 0.0619. The van der Waals surface area contributed by atoms with Gasteiger partial charge < -0.3 is 10.6 Å². The van der Waals surface area contributed by atoms with Gasteiger partial charge in [0.2, 0.25) is 0 Å². The van der Waals surface area contributed by atoms with E-state index in [-0.39, 0.29) is 18.0 Å². The Balaban J connectivity index is 1.82. The van der Waals surface area contributed by atoms with E-state index in [0.717, 1.165) is 12.8 Å². The zero-order chi connectivity index (χ0) is 16.6. The molecule has 7 heteroatoms. The van der Waals surface area contributed by atoms with E-state index in [1.54, 1.807) is 35.3 Å². The van der Waals surface area contributed by atoms with Gasteiger partial charge in [0, 0.05) is 29.8 Å². The molecular weight excluding hydrogens is 335 g/mol. The topological polar surface area (TPSA) is 64.2 Å². The van der Waals surface area contributed by atoms with Crippen molar-refractivity contribution >= 4 is 29.1 Å². The normalized spacial score (nSPS) is 21.5. The van der Waals surface area contributed by atoms with Crippen LogP contribution in [0.3, 0.4) is 0 Å². The van der Waals surface area contributed by atoms with Crippen molar-refractivity contribution in [3.8, 4) is 5.69 Å². The summed E-state index contributed by atoms with van der Waals surface area (Å²) in [6, 6.07) is 5.46. The van der Waals surface area contributed by atoms with Crippen molar-refractivity contribution < 1.29 is 4.79 Å². The van der Waals surface area contributed by atoms with Gasteiger partial charge in [-0.15, -0.1) is 0 Å². The molecule has 1 fully saturated rings. The van der Waals surface area contributed by atoms with Crippen LogP contribution >= 0.6 is 23.2 Å². The molecule has 2 atom stereocenters. The van der Waals surface area contributed by atoms with E-state index in [0.29, 0.717) is 27.8 Å². The van der Waals surface area contributed by atoms with Crippen LogP contribution in [0.1, 0.15) is 30.1 Å². The number of hydrogen-bond donors (Lipinski definition) is 1. The second-order valence-corrected chi connectivity index (χ2v) is 6.74. The highest BCUT2D eigenvalue weighted by molar-refractivity contribution is 6.35. The Morgan fingerprint density at radius 2 is 2.17 bits per heavy atom. The molecule has 0 bridgehead atoms. The summed E-state index contributed by atoms with van der Waals surface area (Å²) >= 11 is 12.1. The quantitative estimate of drug-likeness (QED) is 0.902.